The van der Waals surface area contributed by atoms with Crippen LogP contribution in [0.4, 0.5) is 0 Å². The lowest BCUT2D eigenvalue weighted by Crippen LogP contribution is -2.55. The summed E-state index contributed by atoms with van der Waals surface area (Å²) in [5, 5.41) is 4.97. The van der Waals surface area contributed by atoms with Gasteiger partial charge in [0.15, 0.2) is 0 Å². The molecule has 2 aromatic heterocycles. The number of benzene rings is 1. The highest BCUT2D eigenvalue weighted by molar-refractivity contribution is 6.30. The SMILES string of the molecule is COc1cccc(C(=O)N2CCN(C(=O)c3ncn(Cc4cccc(Cl)c4)n3)CC2C)n1. The Morgan fingerprint density at radius 2 is 1.97 bits per heavy atom. The summed E-state index contributed by atoms with van der Waals surface area (Å²) in [5.41, 5.74) is 1.28. The number of carbonyl (C=O) groups excluding carboxylic acids is 2. The number of carbonyl (C=O) groups is 2. The molecule has 3 heterocycles. The van der Waals surface area contributed by atoms with Crippen molar-refractivity contribution in [1.82, 2.24) is 29.5 Å². The molecule has 1 unspecified atom stereocenters. The van der Waals surface area contributed by atoms with Gasteiger partial charge in [-0.15, -0.1) is 5.10 Å². The first kappa shape index (κ1) is 21.8. The second-order valence-corrected chi connectivity index (χ2v) is 8.00. The summed E-state index contributed by atoms with van der Waals surface area (Å²) < 4.78 is 6.71. The third-order valence-corrected chi connectivity index (χ3v) is 5.52. The Morgan fingerprint density at radius 3 is 2.72 bits per heavy atom. The van der Waals surface area contributed by atoms with Crippen molar-refractivity contribution in [2.24, 2.45) is 0 Å². The van der Waals surface area contributed by atoms with Crippen molar-refractivity contribution in [3.63, 3.8) is 0 Å². The summed E-state index contributed by atoms with van der Waals surface area (Å²) in [4.78, 5) is 37.6. The molecular weight excluding hydrogens is 432 g/mol. The van der Waals surface area contributed by atoms with Crippen LogP contribution in [-0.2, 0) is 6.54 Å². The van der Waals surface area contributed by atoms with Crippen molar-refractivity contribution < 1.29 is 14.3 Å². The van der Waals surface area contributed by atoms with Crippen LogP contribution >= 0.6 is 11.6 Å². The van der Waals surface area contributed by atoms with E-state index in [0.29, 0.717) is 42.8 Å². The first-order chi connectivity index (χ1) is 15.4. The van der Waals surface area contributed by atoms with Gasteiger partial charge in [0.1, 0.15) is 12.0 Å². The maximum absolute atomic E-state index is 12.9. The Labute approximate surface area is 190 Å². The van der Waals surface area contributed by atoms with Crippen LogP contribution in [0.1, 0.15) is 33.6 Å². The Morgan fingerprint density at radius 1 is 1.16 bits per heavy atom. The van der Waals surface area contributed by atoms with Gasteiger partial charge in [-0.3, -0.25) is 9.59 Å². The summed E-state index contributed by atoms with van der Waals surface area (Å²) in [6.45, 7) is 3.54. The van der Waals surface area contributed by atoms with E-state index in [1.54, 1.807) is 38.7 Å². The van der Waals surface area contributed by atoms with E-state index < -0.39 is 0 Å². The van der Waals surface area contributed by atoms with Crippen molar-refractivity contribution in [1.29, 1.82) is 0 Å². The Hall–Kier alpha value is -3.46. The monoisotopic (exact) mass is 454 g/mol. The summed E-state index contributed by atoms with van der Waals surface area (Å²) in [7, 11) is 1.51. The summed E-state index contributed by atoms with van der Waals surface area (Å²) in [6.07, 6.45) is 1.53. The molecule has 1 aliphatic heterocycles. The molecule has 1 fully saturated rings. The number of piperazine rings is 1. The third-order valence-electron chi connectivity index (χ3n) is 5.29. The number of nitrogens with zero attached hydrogens (tertiary/aromatic N) is 6. The highest BCUT2D eigenvalue weighted by Crippen LogP contribution is 2.17. The van der Waals surface area contributed by atoms with E-state index in [9.17, 15) is 9.59 Å². The van der Waals surface area contributed by atoms with Crippen molar-refractivity contribution in [2.45, 2.75) is 19.5 Å². The van der Waals surface area contributed by atoms with Crippen LogP contribution in [-0.4, -0.2) is 74.1 Å². The van der Waals surface area contributed by atoms with E-state index in [-0.39, 0.29) is 23.7 Å². The van der Waals surface area contributed by atoms with Crippen molar-refractivity contribution >= 4 is 23.4 Å². The highest BCUT2D eigenvalue weighted by Gasteiger charge is 2.32. The van der Waals surface area contributed by atoms with Crippen LogP contribution in [0, 0.1) is 0 Å². The molecule has 0 spiro atoms. The van der Waals surface area contributed by atoms with Crippen LogP contribution in [0.2, 0.25) is 5.02 Å². The largest absolute Gasteiger partial charge is 0.481 e. The van der Waals surface area contributed by atoms with E-state index in [0.717, 1.165) is 5.56 Å². The van der Waals surface area contributed by atoms with Gasteiger partial charge in [0.2, 0.25) is 11.7 Å². The number of aromatic nitrogens is 4. The lowest BCUT2D eigenvalue weighted by atomic mass is 10.1. The second-order valence-electron chi connectivity index (χ2n) is 7.56. The van der Waals surface area contributed by atoms with Gasteiger partial charge in [-0.25, -0.2) is 14.6 Å². The van der Waals surface area contributed by atoms with Crippen LogP contribution < -0.4 is 4.74 Å². The van der Waals surface area contributed by atoms with Crippen LogP contribution in [0.3, 0.4) is 0 Å². The van der Waals surface area contributed by atoms with Gasteiger partial charge < -0.3 is 14.5 Å². The molecule has 0 bridgehead atoms. The molecule has 1 atom stereocenters. The molecule has 9 nitrogen and oxygen atoms in total. The fraction of sp³-hybridized carbons (Fsp3) is 0.318. The number of methoxy groups -OCH3 is 1. The topological polar surface area (TPSA) is 93.5 Å². The predicted octanol–water partition coefficient (Wildman–Crippen LogP) is 2.37. The molecule has 0 saturated carbocycles. The normalized spacial score (nSPS) is 16.2. The first-order valence-corrected chi connectivity index (χ1v) is 10.6. The van der Waals surface area contributed by atoms with Gasteiger partial charge in [0.25, 0.3) is 11.8 Å². The number of hydrogen-bond acceptors (Lipinski definition) is 6. The first-order valence-electron chi connectivity index (χ1n) is 10.2. The highest BCUT2D eigenvalue weighted by atomic mass is 35.5. The molecule has 1 saturated heterocycles. The molecule has 166 valence electrons. The molecule has 3 aromatic rings. The van der Waals surface area contributed by atoms with Crippen molar-refractivity contribution in [3.8, 4) is 5.88 Å². The van der Waals surface area contributed by atoms with E-state index in [2.05, 4.69) is 15.1 Å². The zero-order valence-electron chi connectivity index (χ0n) is 17.8. The average Bonchev–Trinajstić information content (AvgIpc) is 3.26. The zero-order chi connectivity index (χ0) is 22.7. The maximum Gasteiger partial charge on any atom is 0.293 e. The number of rotatable bonds is 5. The van der Waals surface area contributed by atoms with E-state index in [1.807, 2.05) is 25.1 Å². The molecular formula is C22H23ClN6O3. The molecule has 0 radical (unpaired) electrons. The molecule has 32 heavy (non-hydrogen) atoms. The molecule has 0 aliphatic carbocycles. The van der Waals surface area contributed by atoms with Crippen LogP contribution in [0.15, 0.2) is 48.8 Å². The zero-order valence-corrected chi connectivity index (χ0v) is 18.6. The molecule has 1 aliphatic rings. The minimum atomic E-state index is -0.256. The molecule has 4 rings (SSSR count). The number of hydrogen-bond donors (Lipinski definition) is 0. The Bertz CT molecular complexity index is 1130. The van der Waals surface area contributed by atoms with Crippen LogP contribution in [0.5, 0.6) is 5.88 Å². The standard InChI is InChI=1S/C22H23ClN6O3/c1-15-12-27(9-10-29(15)21(30)18-7-4-8-19(25-18)32-2)22(31)20-24-14-28(26-20)13-16-5-3-6-17(23)11-16/h3-8,11,14-15H,9-10,12-13H2,1-2H3. The Balaban J connectivity index is 1.39. The summed E-state index contributed by atoms with van der Waals surface area (Å²) in [5.74, 6) is 0.0749. The number of amides is 2. The number of ether oxygens (including phenoxy) is 1. The van der Waals surface area contributed by atoms with Gasteiger partial charge in [0.05, 0.1) is 13.7 Å². The number of pyridine rings is 1. The second kappa shape index (κ2) is 9.35. The third kappa shape index (κ3) is 4.72. The quantitative estimate of drug-likeness (QED) is 0.587. The van der Waals surface area contributed by atoms with E-state index in [4.69, 9.17) is 16.3 Å². The smallest absolute Gasteiger partial charge is 0.293 e. The van der Waals surface area contributed by atoms with Gasteiger partial charge in [0, 0.05) is 36.8 Å². The van der Waals surface area contributed by atoms with E-state index in [1.165, 1.54) is 13.4 Å². The lowest BCUT2D eigenvalue weighted by molar-refractivity contribution is 0.0404. The summed E-state index contributed by atoms with van der Waals surface area (Å²) >= 11 is 6.03. The van der Waals surface area contributed by atoms with Crippen molar-refractivity contribution in [2.75, 3.05) is 26.7 Å². The fourth-order valence-corrected chi connectivity index (χ4v) is 3.88. The molecule has 2 amide bonds. The minimum Gasteiger partial charge on any atom is -0.481 e. The van der Waals surface area contributed by atoms with Gasteiger partial charge in [-0.05, 0) is 30.7 Å². The average molecular weight is 455 g/mol. The van der Waals surface area contributed by atoms with Gasteiger partial charge in [-0.2, -0.15) is 0 Å². The molecule has 10 heteroatoms. The lowest BCUT2D eigenvalue weighted by Gasteiger charge is -2.39. The molecule has 0 N–H and O–H groups in total. The van der Waals surface area contributed by atoms with E-state index >= 15 is 0 Å². The van der Waals surface area contributed by atoms with Crippen molar-refractivity contribution in [3.05, 3.63) is 70.9 Å². The maximum atomic E-state index is 12.9. The predicted molar refractivity (Wildman–Crippen MR) is 118 cm³/mol. The summed E-state index contributed by atoms with van der Waals surface area (Å²) in [6, 6.07) is 12.3. The van der Waals surface area contributed by atoms with Gasteiger partial charge >= 0.3 is 0 Å². The van der Waals surface area contributed by atoms with Crippen LogP contribution in [0.25, 0.3) is 0 Å². The molecule has 1 aromatic carbocycles. The fourth-order valence-electron chi connectivity index (χ4n) is 3.67. The number of halogens is 1. The minimum absolute atomic E-state index is 0.133. The van der Waals surface area contributed by atoms with Gasteiger partial charge in [-0.1, -0.05) is 29.8 Å². The Kier molecular flexibility index (Phi) is 6.36.